The van der Waals surface area contributed by atoms with E-state index < -0.39 is 81.1 Å². The molecule has 2 fully saturated rings. The Bertz CT molecular complexity index is 1610. The third-order valence-corrected chi connectivity index (χ3v) is 8.29. The molecule has 6 atom stereocenters. The van der Waals surface area contributed by atoms with Crippen molar-refractivity contribution < 1.29 is 51.4 Å². The number of nitrogens with one attached hydrogen (secondary N) is 1. The van der Waals surface area contributed by atoms with E-state index in [9.17, 15) is 29.3 Å². The molecular weight excluding hydrogens is 657 g/mol. The standard InChI is InChI=1S/C26H31ClN5O13P/c1-3-38-13-20(34)42-22-23(43-21(35)14-39-4-2)26(30-31-28,44-24(22)32-10-8-19(33)29-25(32)36)15-41-46(37)40-11-9-18(45-46)16-6-5-7-17(27)12-16/h5-8,10,12,18,22-24H,3-4,9,11,13-15H2,1-2H3,(H,29,33,36)/t18-,22+,23-,24+,26+,46?/m0/s1. The highest BCUT2D eigenvalue weighted by Gasteiger charge is 2.61. The Labute approximate surface area is 266 Å². The van der Waals surface area contributed by atoms with Gasteiger partial charge in [-0.1, -0.05) is 28.8 Å². The summed E-state index contributed by atoms with van der Waals surface area (Å²) in [6, 6.07) is 7.62. The second kappa shape index (κ2) is 15.8. The highest BCUT2D eigenvalue weighted by molar-refractivity contribution is 7.48. The maximum absolute atomic E-state index is 13.7. The fourth-order valence-electron chi connectivity index (χ4n) is 4.59. The summed E-state index contributed by atoms with van der Waals surface area (Å²) in [5, 5.41) is 4.08. The zero-order valence-electron chi connectivity index (χ0n) is 24.6. The summed E-state index contributed by atoms with van der Waals surface area (Å²) < 4.78 is 58.4. The fourth-order valence-corrected chi connectivity index (χ4v) is 6.19. The summed E-state index contributed by atoms with van der Waals surface area (Å²) in [6.07, 6.45) is -4.71. The molecule has 1 unspecified atom stereocenters. The topological polar surface area (TPSA) is 229 Å². The molecule has 46 heavy (non-hydrogen) atoms. The zero-order valence-corrected chi connectivity index (χ0v) is 26.3. The van der Waals surface area contributed by atoms with Crippen molar-refractivity contribution >= 4 is 31.4 Å². The van der Waals surface area contributed by atoms with E-state index in [0.717, 1.165) is 16.8 Å². The van der Waals surface area contributed by atoms with Gasteiger partial charge in [-0.25, -0.2) is 18.9 Å². The molecule has 2 aliphatic rings. The smallest absolute Gasteiger partial charge is 0.453 e. The van der Waals surface area contributed by atoms with Gasteiger partial charge < -0.3 is 23.7 Å². The predicted molar refractivity (Wildman–Crippen MR) is 155 cm³/mol. The molecule has 0 bridgehead atoms. The number of aromatic nitrogens is 2. The van der Waals surface area contributed by atoms with Crippen molar-refractivity contribution in [2.24, 2.45) is 5.11 Å². The Morgan fingerprint density at radius 2 is 1.89 bits per heavy atom. The van der Waals surface area contributed by atoms with Gasteiger partial charge in [0.2, 0.25) is 5.72 Å². The molecule has 0 saturated carbocycles. The molecule has 20 heteroatoms. The van der Waals surface area contributed by atoms with Crippen LogP contribution in [0.1, 0.15) is 38.2 Å². The number of phosphoric ester groups is 1. The minimum atomic E-state index is -4.43. The lowest BCUT2D eigenvalue weighted by atomic mass is 10.1. The lowest BCUT2D eigenvalue weighted by Gasteiger charge is -2.33. The Morgan fingerprint density at radius 3 is 2.54 bits per heavy atom. The summed E-state index contributed by atoms with van der Waals surface area (Å²) in [5.41, 5.74) is 5.96. The highest BCUT2D eigenvalue weighted by Crippen LogP contribution is 2.58. The van der Waals surface area contributed by atoms with Gasteiger partial charge in [-0.2, -0.15) is 0 Å². The van der Waals surface area contributed by atoms with Crippen LogP contribution in [0.25, 0.3) is 10.4 Å². The number of carbonyl (C=O) groups is 2. The van der Waals surface area contributed by atoms with Gasteiger partial charge in [0.25, 0.3) is 5.56 Å². The third-order valence-electron chi connectivity index (χ3n) is 6.60. The Balaban J connectivity index is 1.73. The molecule has 250 valence electrons. The van der Waals surface area contributed by atoms with Crippen LogP contribution >= 0.6 is 19.4 Å². The first-order valence-electron chi connectivity index (χ1n) is 14.0. The Morgan fingerprint density at radius 1 is 1.17 bits per heavy atom. The quantitative estimate of drug-likeness (QED) is 0.0991. The molecule has 1 aromatic heterocycles. The van der Waals surface area contributed by atoms with E-state index in [2.05, 4.69) is 10.0 Å². The fraction of sp³-hybridized carbons (Fsp3) is 0.538. The van der Waals surface area contributed by atoms with Gasteiger partial charge in [-0.3, -0.25) is 27.9 Å². The number of H-pyrrole nitrogens is 1. The van der Waals surface area contributed by atoms with Gasteiger partial charge in [0, 0.05) is 41.8 Å². The molecular formula is C26H31ClN5O13P. The number of azide groups is 1. The zero-order chi connectivity index (χ0) is 33.3. The van der Waals surface area contributed by atoms with E-state index in [-0.39, 0.29) is 19.8 Å². The van der Waals surface area contributed by atoms with Crippen LogP contribution in [0.3, 0.4) is 0 Å². The number of esters is 2. The summed E-state index contributed by atoms with van der Waals surface area (Å²) in [4.78, 5) is 55.0. The van der Waals surface area contributed by atoms with Crippen LogP contribution in [-0.4, -0.2) is 79.1 Å². The second-order valence-electron chi connectivity index (χ2n) is 9.69. The number of carbonyl (C=O) groups excluding carboxylic acids is 2. The van der Waals surface area contributed by atoms with Crippen molar-refractivity contribution in [3.05, 3.63) is 78.4 Å². The van der Waals surface area contributed by atoms with Gasteiger partial charge in [0.15, 0.2) is 18.4 Å². The van der Waals surface area contributed by atoms with E-state index in [1.165, 1.54) is 0 Å². The molecule has 0 radical (unpaired) electrons. The van der Waals surface area contributed by atoms with Crippen LogP contribution in [0.5, 0.6) is 0 Å². The highest BCUT2D eigenvalue weighted by atomic mass is 35.5. The molecule has 0 spiro atoms. The van der Waals surface area contributed by atoms with Crippen molar-refractivity contribution in [3.63, 3.8) is 0 Å². The van der Waals surface area contributed by atoms with E-state index in [1.807, 2.05) is 4.98 Å². The molecule has 0 amide bonds. The molecule has 1 aromatic carbocycles. The summed E-state index contributed by atoms with van der Waals surface area (Å²) in [5.74, 6) is -1.98. The number of hydrogen-bond donors (Lipinski definition) is 1. The molecule has 3 heterocycles. The number of hydrogen-bond acceptors (Lipinski definition) is 14. The van der Waals surface area contributed by atoms with Crippen LogP contribution < -0.4 is 11.2 Å². The minimum absolute atomic E-state index is 0.0658. The average Bonchev–Trinajstić information content (AvgIpc) is 3.30. The van der Waals surface area contributed by atoms with Gasteiger partial charge in [-0.15, -0.1) is 0 Å². The van der Waals surface area contributed by atoms with Crippen molar-refractivity contribution in [2.75, 3.05) is 39.6 Å². The number of halogens is 1. The summed E-state index contributed by atoms with van der Waals surface area (Å²) >= 11 is 6.10. The maximum atomic E-state index is 13.7. The largest absolute Gasteiger partial charge is 0.475 e. The van der Waals surface area contributed by atoms with Crippen molar-refractivity contribution in [1.82, 2.24) is 9.55 Å². The summed E-state index contributed by atoms with van der Waals surface area (Å²) in [7, 11) is -4.43. The van der Waals surface area contributed by atoms with E-state index >= 15 is 0 Å². The first kappa shape index (κ1) is 35.3. The van der Waals surface area contributed by atoms with Crippen molar-refractivity contribution in [3.8, 4) is 0 Å². The number of rotatable bonds is 14. The van der Waals surface area contributed by atoms with E-state index in [4.69, 9.17) is 48.9 Å². The number of nitrogens with zero attached hydrogens (tertiary/aromatic N) is 4. The SMILES string of the molecule is CCOCC(=O)O[C@H]1[C@H](n2ccc(=O)[nH]c2=O)O[C@@](COP2(=O)OCC[C@@H](c3cccc(Cl)c3)O2)(N=[N+]=[N-])[C@H]1OC(=O)COCC. The molecule has 2 aromatic rings. The lowest BCUT2D eigenvalue weighted by molar-refractivity contribution is -0.178. The first-order valence-corrected chi connectivity index (χ1v) is 15.8. The van der Waals surface area contributed by atoms with Gasteiger partial charge in [0.1, 0.15) is 13.2 Å². The third kappa shape index (κ3) is 8.61. The van der Waals surface area contributed by atoms with E-state index in [0.29, 0.717) is 17.0 Å². The van der Waals surface area contributed by atoms with Gasteiger partial charge >= 0.3 is 25.5 Å². The van der Waals surface area contributed by atoms with Gasteiger partial charge in [-0.05, 0) is 37.1 Å². The normalized spacial score (nSPS) is 27.5. The second-order valence-corrected chi connectivity index (χ2v) is 11.7. The summed E-state index contributed by atoms with van der Waals surface area (Å²) in [6.45, 7) is 1.38. The molecule has 2 aliphatic heterocycles. The minimum Gasteiger partial charge on any atom is -0.453 e. The van der Waals surface area contributed by atoms with Crippen molar-refractivity contribution in [1.29, 1.82) is 0 Å². The van der Waals surface area contributed by atoms with Gasteiger partial charge in [0.05, 0.1) is 19.3 Å². The van der Waals surface area contributed by atoms with Crippen molar-refractivity contribution in [2.45, 2.75) is 50.5 Å². The van der Waals surface area contributed by atoms with E-state index in [1.54, 1.807) is 38.1 Å². The molecule has 1 N–H and O–H groups in total. The molecule has 2 saturated heterocycles. The Hall–Kier alpha value is -3.57. The molecule has 4 rings (SSSR count). The van der Waals surface area contributed by atoms with Crippen LogP contribution in [0.4, 0.5) is 0 Å². The lowest BCUT2D eigenvalue weighted by Crippen LogP contribution is -2.49. The number of phosphoric acid groups is 1. The first-order chi connectivity index (χ1) is 22.0. The monoisotopic (exact) mass is 687 g/mol. The Kier molecular flexibility index (Phi) is 12.1. The van der Waals surface area contributed by atoms with Crippen LogP contribution in [0.15, 0.2) is 51.2 Å². The molecule has 0 aliphatic carbocycles. The predicted octanol–water partition coefficient (Wildman–Crippen LogP) is 2.92. The number of ether oxygens (including phenoxy) is 5. The van der Waals surface area contributed by atoms with Crippen LogP contribution in [0.2, 0.25) is 5.02 Å². The van der Waals surface area contributed by atoms with Crippen LogP contribution in [-0.2, 0) is 51.4 Å². The number of aromatic amines is 1. The number of benzene rings is 1. The molecule has 18 nitrogen and oxygen atoms in total. The average molecular weight is 688 g/mol. The van der Waals surface area contributed by atoms with Crippen LogP contribution in [0, 0.1) is 0 Å². The maximum Gasteiger partial charge on any atom is 0.475 e.